The van der Waals surface area contributed by atoms with E-state index in [9.17, 15) is 9.90 Å². The summed E-state index contributed by atoms with van der Waals surface area (Å²) in [4.78, 5) is 12.8. The molecule has 1 aromatic carbocycles. The molecule has 0 aromatic heterocycles. The topological polar surface area (TPSA) is 49.3 Å². The Hall–Kier alpha value is -0.710. The molecule has 0 aliphatic rings. The molecule has 1 amide bonds. The van der Waals surface area contributed by atoms with Crippen LogP contribution >= 0.6 is 23.4 Å². The molecule has 1 atom stereocenters. The van der Waals surface area contributed by atoms with Gasteiger partial charge in [0.1, 0.15) is 0 Å². The monoisotopic (exact) mass is 273 g/mol. The average Bonchev–Trinajstić information content (AvgIpc) is 2.36. The fourth-order valence-electron chi connectivity index (χ4n) is 1.26. The number of carbonyl (C=O) groups is 1. The standard InChI is InChI=1S/C12H16ClNO2S/c1-3-8(15)7-14-12(16)10-6-9(17-2)4-5-11(10)13/h4-6,8,15H,3,7H2,1-2H3,(H,14,16). The van der Waals surface area contributed by atoms with E-state index in [-0.39, 0.29) is 12.5 Å². The summed E-state index contributed by atoms with van der Waals surface area (Å²) in [6.07, 6.45) is 2.03. The van der Waals surface area contributed by atoms with Gasteiger partial charge >= 0.3 is 0 Å². The Labute approximate surface area is 111 Å². The number of benzene rings is 1. The minimum Gasteiger partial charge on any atom is -0.391 e. The highest BCUT2D eigenvalue weighted by molar-refractivity contribution is 7.98. The van der Waals surface area contributed by atoms with Crippen LogP contribution in [0.5, 0.6) is 0 Å². The Balaban J connectivity index is 2.74. The van der Waals surface area contributed by atoms with Crippen LogP contribution in [-0.2, 0) is 0 Å². The highest BCUT2D eigenvalue weighted by Crippen LogP contribution is 2.22. The molecule has 0 saturated heterocycles. The molecule has 0 aliphatic carbocycles. The van der Waals surface area contributed by atoms with Crippen LogP contribution in [0.15, 0.2) is 23.1 Å². The molecule has 0 aliphatic heterocycles. The Morgan fingerprint density at radius 1 is 1.59 bits per heavy atom. The van der Waals surface area contributed by atoms with E-state index in [4.69, 9.17) is 11.6 Å². The van der Waals surface area contributed by atoms with Crippen LogP contribution < -0.4 is 5.32 Å². The van der Waals surface area contributed by atoms with Crippen LogP contribution in [0.2, 0.25) is 5.02 Å². The van der Waals surface area contributed by atoms with Crippen molar-refractivity contribution in [3.8, 4) is 0 Å². The van der Waals surface area contributed by atoms with Crippen LogP contribution in [0.25, 0.3) is 0 Å². The maximum atomic E-state index is 11.8. The zero-order chi connectivity index (χ0) is 12.8. The number of nitrogens with one attached hydrogen (secondary N) is 1. The molecule has 0 fully saturated rings. The predicted octanol–water partition coefficient (Wildman–Crippen LogP) is 2.56. The number of thioether (sulfide) groups is 1. The molecule has 0 radical (unpaired) electrons. The quantitative estimate of drug-likeness (QED) is 0.811. The van der Waals surface area contributed by atoms with Gasteiger partial charge in [0.05, 0.1) is 16.7 Å². The van der Waals surface area contributed by atoms with E-state index in [1.807, 2.05) is 19.2 Å². The SMILES string of the molecule is CCC(O)CNC(=O)c1cc(SC)ccc1Cl. The highest BCUT2D eigenvalue weighted by atomic mass is 35.5. The van der Waals surface area contributed by atoms with Gasteiger partial charge in [-0.15, -0.1) is 11.8 Å². The molecule has 0 bridgehead atoms. The van der Waals surface area contributed by atoms with Crippen LogP contribution in [0, 0.1) is 0 Å². The molecule has 17 heavy (non-hydrogen) atoms. The maximum absolute atomic E-state index is 11.8. The third-order valence-electron chi connectivity index (χ3n) is 2.39. The summed E-state index contributed by atoms with van der Waals surface area (Å²) < 4.78 is 0. The second-order valence-electron chi connectivity index (χ2n) is 3.62. The first-order valence-electron chi connectivity index (χ1n) is 5.38. The summed E-state index contributed by atoms with van der Waals surface area (Å²) in [5.41, 5.74) is 0.446. The molecule has 2 N–H and O–H groups in total. The number of hydrogen-bond acceptors (Lipinski definition) is 3. The molecule has 0 spiro atoms. The number of aliphatic hydroxyl groups is 1. The number of hydrogen-bond donors (Lipinski definition) is 2. The van der Waals surface area contributed by atoms with E-state index in [1.165, 1.54) is 0 Å². The first-order valence-corrected chi connectivity index (χ1v) is 6.98. The Morgan fingerprint density at radius 3 is 2.88 bits per heavy atom. The zero-order valence-electron chi connectivity index (χ0n) is 9.87. The second-order valence-corrected chi connectivity index (χ2v) is 4.90. The third-order valence-corrected chi connectivity index (χ3v) is 3.44. The highest BCUT2D eigenvalue weighted by Gasteiger charge is 2.12. The van der Waals surface area contributed by atoms with Crippen molar-refractivity contribution in [2.24, 2.45) is 0 Å². The molecule has 0 saturated carbocycles. The van der Waals surface area contributed by atoms with Crippen molar-refractivity contribution in [3.05, 3.63) is 28.8 Å². The Bertz CT molecular complexity index is 398. The molecule has 5 heteroatoms. The lowest BCUT2D eigenvalue weighted by Gasteiger charge is -2.11. The maximum Gasteiger partial charge on any atom is 0.252 e. The first-order chi connectivity index (χ1) is 8.08. The van der Waals surface area contributed by atoms with Gasteiger partial charge < -0.3 is 10.4 Å². The molecular weight excluding hydrogens is 258 g/mol. The van der Waals surface area contributed by atoms with Crippen molar-refractivity contribution in [3.63, 3.8) is 0 Å². The minimum absolute atomic E-state index is 0.245. The zero-order valence-corrected chi connectivity index (χ0v) is 11.4. The van der Waals surface area contributed by atoms with Crippen molar-refractivity contribution < 1.29 is 9.90 Å². The van der Waals surface area contributed by atoms with E-state index in [0.717, 1.165) is 4.90 Å². The van der Waals surface area contributed by atoms with Crippen molar-refractivity contribution in [2.45, 2.75) is 24.3 Å². The fraction of sp³-hybridized carbons (Fsp3) is 0.417. The van der Waals surface area contributed by atoms with Gasteiger partial charge in [-0.25, -0.2) is 0 Å². The number of carbonyl (C=O) groups excluding carboxylic acids is 1. The van der Waals surface area contributed by atoms with E-state index >= 15 is 0 Å². The fourth-order valence-corrected chi connectivity index (χ4v) is 1.90. The summed E-state index contributed by atoms with van der Waals surface area (Å²) in [6, 6.07) is 5.32. The van der Waals surface area contributed by atoms with Gasteiger partial charge in [0, 0.05) is 11.4 Å². The average molecular weight is 274 g/mol. The van der Waals surface area contributed by atoms with Gasteiger partial charge in [-0.1, -0.05) is 18.5 Å². The number of halogens is 1. The van der Waals surface area contributed by atoms with E-state index in [0.29, 0.717) is 17.0 Å². The Morgan fingerprint density at radius 2 is 2.29 bits per heavy atom. The second kappa shape index (κ2) is 6.89. The van der Waals surface area contributed by atoms with E-state index in [2.05, 4.69) is 5.32 Å². The normalized spacial score (nSPS) is 12.2. The van der Waals surface area contributed by atoms with Gasteiger partial charge in [0.25, 0.3) is 5.91 Å². The molecule has 1 rings (SSSR count). The molecule has 1 unspecified atom stereocenters. The van der Waals surface area contributed by atoms with Gasteiger partial charge in [-0.3, -0.25) is 4.79 Å². The van der Waals surface area contributed by atoms with Gasteiger partial charge in [-0.2, -0.15) is 0 Å². The van der Waals surface area contributed by atoms with Crippen molar-refractivity contribution in [1.29, 1.82) is 0 Å². The van der Waals surface area contributed by atoms with Crippen LogP contribution in [0.4, 0.5) is 0 Å². The predicted molar refractivity (Wildman–Crippen MR) is 71.9 cm³/mol. The lowest BCUT2D eigenvalue weighted by molar-refractivity contribution is 0.0914. The summed E-state index contributed by atoms with van der Waals surface area (Å²) in [7, 11) is 0. The summed E-state index contributed by atoms with van der Waals surface area (Å²) in [5.74, 6) is -0.251. The van der Waals surface area contributed by atoms with Crippen molar-refractivity contribution >= 4 is 29.3 Å². The number of rotatable bonds is 5. The molecule has 1 aromatic rings. The summed E-state index contributed by atoms with van der Waals surface area (Å²) in [5, 5.41) is 12.5. The molecular formula is C12H16ClNO2S. The molecule has 0 heterocycles. The summed E-state index contributed by atoms with van der Waals surface area (Å²) in [6.45, 7) is 2.10. The lowest BCUT2D eigenvalue weighted by Crippen LogP contribution is -2.31. The van der Waals surface area contributed by atoms with Gasteiger partial charge in [-0.05, 0) is 30.9 Å². The Kier molecular flexibility index (Phi) is 5.82. The third kappa shape index (κ3) is 4.22. The first kappa shape index (κ1) is 14.4. The largest absolute Gasteiger partial charge is 0.391 e. The van der Waals surface area contributed by atoms with Crippen LogP contribution in [-0.4, -0.2) is 29.9 Å². The van der Waals surface area contributed by atoms with Gasteiger partial charge in [0.2, 0.25) is 0 Å². The van der Waals surface area contributed by atoms with Crippen LogP contribution in [0.1, 0.15) is 23.7 Å². The lowest BCUT2D eigenvalue weighted by atomic mass is 10.2. The summed E-state index contributed by atoms with van der Waals surface area (Å²) >= 11 is 7.51. The molecule has 94 valence electrons. The van der Waals surface area contributed by atoms with Crippen LogP contribution in [0.3, 0.4) is 0 Å². The van der Waals surface area contributed by atoms with Crippen molar-refractivity contribution in [1.82, 2.24) is 5.32 Å². The minimum atomic E-state index is -0.513. The van der Waals surface area contributed by atoms with E-state index in [1.54, 1.807) is 23.9 Å². The molecule has 3 nitrogen and oxygen atoms in total. The van der Waals surface area contributed by atoms with Gasteiger partial charge in [0.15, 0.2) is 0 Å². The number of amides is 1. The van der Waals surface area contributed by atoms with E-state index < -0.39 is 6.10 Å². The van der Waals surface area contributed by atoms with Crippen molar-refractivity contribution in [2.75, 3.05) is 12.8 Å². The smallest absolute Gasteiger partial charge is 0.252 e. The number of aliphatic hydroxyl groups excluding tert-OH is 1.